The third-order valence-corrected chi connectivity index (χ3v) is 4.35. The van der Waals surface area contributed by atoms with Crippen LogP contribution < -0.4 is 0 Å². The number of hydrogen-bond acceptors (Lipinski definition) is 6. The smallest absolute Gasteiger partial charge is 0.229 e. The van der Waals surface area contributed by atoms with E-state index in [9.17, 15) is 5.11 Å². The number of aromatic nitrogens is 2. The molecule has 0 bridgehead atoms. The second kappa shape index (κ2) is 6.72. The number of aliphatic hydroxyl groups is 1. The summed E-state index contributed by atoms with van der Waals surface area (Å²) in [7, 11) is 2.09. The maximum atomic E-state index is 9.90. The van der Waals surface area contributed by atoms with Gasteiger partial charge in [-0.1, -0.05) is 19.0 Å². The lowest BCUT2D eigenvalue weighted by molar-refractivity contribution is 0.138. The van der Waals surface area contributed by atoms with Gasteiger partial charge in [0.25, 0.3) is 0 Å². The van der Waals surface area contributed by atoms with E-state index in [4.69, 9.17) is 4.52 Å². The summed E-state index contributed by atoms with van der Waals surface area (Å²) in [5.74, 6) is 3.93. The van der Waals surface area contributed by atoms with Crippen LogP contribution >= 0.6 is 11.8 Å². The van der Waals surface area contributed by atoms with Gasteiger partial charge in [-0.3, -0.25) is 4.90 Å². The molecule has 1 N–H and O–H groups in total. The topological polar surface area (TPSA) is 62.4 Å². The van der Waals surface area contributed by atoms with Crippen molar-refractivity contribution >= 4 is 11.8 Å². The summed E-state index contributed by atoms with van der Waals surface area (Å²) in [6.07, 6.45) is 0.817. The van der Waals surface area contributed by atoms with Crippen molar-refractivity contribution < 1.29 is 9.63 Å². The Kier molecular flexibility index (Phi) is 5.24. The van der Waals surface area contributed by atoms with Crippen LogP contribution in [0.3, 0.4) is 0 Å². The first-order valence-electron chi connectivity index (χ1n) is 6.84. The molecule has 108 valence electrons. The van der Waals surface area contributed by atoms with E-state index in [0.717, 1.165) is 30.3 Å². The molecule has 2 heterocycles. The Morgan fingerprint density at radius 2 is 2.32 bits per heavy atom. The molecule has 0 aliphatic carbocycles. The molecular formula is C13H23N3O2S. The van der Waals surface area contributed by atoms with Crippen molar-refractivity contribution in [2.24, 2.45) is 5.92 Å². The van der Waals surface area contributed by atoms with E-state index in [1.807, 2.05) is 11.8 Å². The second-order valence-electron chi connectivity index (χ2n) is 5.61. The molecule has 2 unspecified atom stereocenters. The maximum absolute atomic E-state index is 9.90. The molecule has 1 aromatic heterocycles. The summed E-state index contributed by atoms with van der Waals surface area (Å²) in [5.41, 5.74) is 0. The highest BCUT2D eigenvalue weighted by atomic mass is 32.2. The Morgan fingerprint density at radius 1 is 1.53 bits per heavy atom. The molecule has 6 heteroatoms. The zero-order valence-corrected chi connectivity index (χ0v) is 12.7. The number of nitrogens with zero attached hydrogens (tertiary/aromatic N) is 3. The Hall–Kier alpha value is -0.590. The van der Waals surface area contributed by atoms with Crippen molar-refractivity contribution in [3.05, 3.63) is 11.7 Å². The van der Waals surface area contributed by atoms with Gasteiger partial charge >= 0.3 is 0 Å². The van der Waals surface area contributed by atoms with Crippen LogP contribution in [0, 0.1) is 5.92 Å². The Morgan fingerprint density at radius 3 is 3.00 bits per heavy atom. The van der Waals surface area contributed by atoms with Crippen LogP contribution in [0.5, 0.6) is 0 Å². The van der Waals surface area contributed by atoms with Gasteiger partial charge in [-0.2, -0.15) is 16.7 Å². The van der Waals surface area contributed by atoms with Gasteiger partial charge in [0.2, 0.25) is 5.89 Å². The van der Waals surface area contributed by atoms with E-state index in [1.54, 1.807) is 0 Å². The van der Waals surface area contributed by atoms with Crippen LogP contribution in [0.4, 0.5) is 0 Å². The summed E-state index contributed by atoms with van der Waals surface area (Å²) in [5, 5.41) is 14.0. The van der Waals surface area contributed by atoms with Crippen LogP contribution in [-0.2, 0) is 6.42 Å². The van der Waals surface area contributed by atoms with E-state index in [1.165, 1.54) is 0 Å². The number of rotatable bonds is 5. The van der Waals surface area contributed by atoms with E-state index >= 15 is 0 Å². The first-order chi connectivity index (χ1) is 9.06. The molecule has 2 rings (SSSR count). The van der Waals surface area contributed by atoms with Gasteiger partial charge in [0.05, 0.1) is 18.6 Å². The Labute approximate surface area is 118 Å². The summed E-state index contributed by atoms with van der Waals surface area (Å²) in [6.45, 7) is 5.24. The Balaban J connectivity index is 1.94. The molecule has 0 saturated carbocycles. The predicted molar refractivity (Wildman–Crippen MR) is 76.2 cm³/mol. The Bertz CT molecular complexity index is 397. The van der Waals surface area contributed by atoms with Crippen molar-refractivity contribution in [2.75, 3.05) is 25.1 Å². The molecule has 1 saturated heterocycles. The van der Waals surface area contributed by atoms with Gasteiger partial charge in [-0.25, -0.2) is 0 Å². The number of aliphatic hydroxyl groups excluding tert-OH is 1. The van der Waals surface area contributed by atoms with Crippen LogP contribution in [0.25, 0.3) is 0 Å². The molecular weight excluding hydrogens is 262 g/mol. The lowest BCUT2D eigenvalue weighted by Gasteiger charge is -2.29. The summed E-state index contributed by atoms with van der Waals surface area (Å²) in [4.78, 5) is 6.70. The quantitative estimate of drug-likeness (QED) is 0.889. The van der Waals surface area contributed by atoms with E-state index in [-0.39, 0.29) is 6.04 Å². The fourth-order valence-electron chi connectivity index (χ4n) is 2.27. The molecule has 1 aliphatic heterocycles. The van der Waals surface area contributed by atoms with Gasteiger partial charge in [0.1, 0.15) is 0 Å². The SMILES string of the molecule is CC(C)CC(O)Cc1nc(C2CSCCN2C)no1. The minimum absolute atomic E-state index is 0.235. The summed E-state index contributed by atoms with van der Waals surface area (Å²) < 4.78 is 5.26. The van der Waals surface area contributed by atoms with Crippen molar-refractivity contribution in [3.8, 4) is 0 Å². The zero-order valence-electron chi connectivity index (χ0n) is 11.9. The van der Waals surface area contributed by atoms with Crippen LogP contribution in [0.2, 0.25) is 0 Å². The molecule has 2 atom stereocenters. The maximum Gasteiger partial charge on any atom is 0.229 e. The molecule has 1 aliphatic rings. The minimum Gasteiger partial charge on any atom is -0.393 e. The van der Waals surface area contributed by atoms with Crippen molar-refractivity contribution in [1.29, 1.82) is 0 Å². The normalized spacial score (nSPS) is 22.9. The lowest BCUT2D eigenvalue weighted by Crippen LogP contribution is -2.33. The van der Waals surface area contributed by atoms with Gasteiger partial charge in [-0.15, -0.1) is 0 Å². The molecule has 19 heavy (non-hydrogen) atoms. The molecule has 0 spiro atoms. The summed E-state index contributed by atoms with van der Waals surface area (Å²) in [6, 6.07) is 0.235. The number of thioether (sulfide) groups is 1. The van der Waals surface area contributed by atoms with Gasteiger partial charge in [0.15, 0.2) is 5.82 Å². The fourth-order valence-corrected chi connectivity index (χ4v) is 3.48. The highest BCUT2D eigenvalue weighted by Crippen LogP contribution is 2.26. The monoisotopic (exact) mass is 285 g/mol. The van der Waals surface area contributed by atoms with E-state index in [0.29, 0.717) is 18.2 Å². The molecule has 0 radical (unpaired) electrons. The fraction of sp³-hybridized carbons (Fsp3) is 0.846. The highest BCUT2D eigenvalue weighted by Gasteiger charge is 2.26. The number of hydrogen-bond donors (Lipinski definition) is 1. The standard InChI is InChI=1S/C13H23N3O2S/c1-9(2)6-10(17)7-12-14-13(15-18-12)11-8-19-5-4-16(11)3/h9-11,17H,4-8H2,1-3H3. The molecule has 5 nitrogen and oxygen atoms in total. The largest absolute Gasteiger partial charge is 0.393 e. The molecule has 0 aromatic carbocycles. The van der Waals surface area contributed by atoms with Crippen molar-refractivity contribution in [3.63, 3.8) is 0 Å². The van der Waals surface area contributed by atoms with Crippen LogP contribution in [0.1, 0.15) is 38.0 Å². The van der Waals surface area contributed by atoms with Crippen LogP contribution in [0.15, 0.2) is 4.52 Å². The summed E-state index contributed by atoms with van der Waals surface area (Å²) >= 11 is 1.92. The third-order valence-electron chi connectivity index (χ3n) is 3.33. The third kappa shape index (κ3) is 4.19. The zero-order chi connectivity index (χ0) is 13.8. The highest BCUT2D eigenvalue weighted by molar-refractivity contribution is 7.99. The van der Waals surface area contributed by atoms with E-state index in [2.05, 4.69) is 35.9 Å². The average Bonchev–Trinajstić information content (AvgIpc) is 2.76. The van der Waals surface area contributed by atoms with Gasteiger partial charge in [0, 0.05) is 18.1 Å². The van der Waals surface area contributed by atoms with Gasteiger partial charge in [-0.05, 0) is 19.4 Å². The lowest BCUT2D eigenvalue weighted by atomic mass is 10.0. The average molecular weight is 285 g/mol. The first-order valence-corrected chi connectivity index (χ1v) is 8.00. The van der Waals surface area contributed by atoms with Crippen molar-refractivity contribution in [1.82, 2.24) is 15.0 Å². The first kappa shape index (κ1) is 14.8. The minimum atomic E-state index is -0.397. The van der Waals surface area contributed by atoms with E-state index < -0.39 is 6.10 Å². The van der Waals surface area contributed by atoms with Crippen LogP contribution in [-0.4, -0.2) is 51.3 Å². The molecule has 0 amide bonds. The van der Waals surface area contributed by atoms with Gasteiger partial charge < -0.3 is 9.63 Å². The molecule has 1 fully saturated rings. The second-order valence-corrected chi connectivity index (χ2v) is 6.75. The molecule has 1 aromatic rings. The van der Waals surface area contributed by atoms with Crippen molar-refractivity contribution in [2.45, 2.75) is 38.8 Å². The predicted octanol–water partition coefficient (Wildman–Crippen LogP) is 1.74.